The lowest BCUT2D eigenvalue weighted by molar-refractivity contribution is 0.156. The highest BCUT2D eigenvalue weighted by Crippen LogP contribution is 2.02. The number of fused-ring (bicyclic) bond motifs is 1. The van der Waals surface area contributed by atoms with Crippen molar-refractivity contribution in [3.63, 3.8) is 0 Å². The molecule has 1 aromatic carbocycles. The molecule has 3 N–H and O–H groups in total. The van der Waals surface area contributed by atoms with Crippen LogP contribution in [-0.2, 0) is 6.54 Å². The van der Waals surface area contributed by atoms with Crippen molar-refractivity contribution >= 4 is 10.9 Å². The van der Waals surface area contributed by atoms with E-state index in [-0.39, 0.29) is 25.3 Å². The molecule has 0 amide bonds. The number of hydrogen-bond acceptors (Lipinski definition) is 5. The monoisotopic (exact) mass is 293 g/mol. The maximum Gasteiger partial charge on any atom is 0.328 e. The van der Waals surface area contributed by atoms with Crippen molar-refractivity contribution in [2.75, 3.05) is 32.8 Å². The molecule has 2 rings (SSSR count). The first-order chi connectivity index (χ1) is 10.2. The highest BCUT2D eigenvalue weighted by Gasteiger charge is 2.09. The van der Waals surface area contributed by atoms with E-state index >= 15 is 0 Å². The standard InChI is InChI=1S/C14H19N3O4/c18-9-7-16(8-10-19)5-6-17-13(20)11-3-1-2-4-12(11)15-14(17)21/h1-4,18-19H,5-10H2,(H,15,21). The molecule has 2 aromatic rings. The molecule has 0 aliphatic heterocycles. The van der Waals surface area contributed by atoms with E-state index in [1.807, 2.05) is 0 Å². The van der Waals surface area contributed by atoms with Gasteiger partial charge in [0.1, 0.15) is 0 Å². The summed E-state index contributed by atoms with van der Waals surface area (Å²) in [6.07, 6.45) is 0. The fraction of sp³-hybridized carbons (Fsp3) is 0.429. The molecule has 0 spiro atoms. The Balaban J connectivity index is 2.26. The van der Waals surface area contributed by atoms with Crippen molar-refractivity contribution in [3.05, 3.63) is 45.1 Å². The number of rotatable bonds is 7. The smallest absolute Gasteiger partial charge is 0.328 e. The highest BCUT2D eigenvalue weighted by molar-refractivity contribution is 5.76. The van der Waals surface area contributed by atoms with E-state index in [0.717, 1.165) is 4.57 Å². The van der Waals surface area contributed by atoms with Crippen LogP contribution in [0.15, 0.2) is 33.9 Å². The molecule has 0 aliphatic carbocycles. The first-order valence-corrected chi connectivity index (χ1v) is 6.83. The number of aliphatic hydroxyl groups excluding tert-OH is 2. The molecule has 0 saturated heterocycles. The van der Waals surface area contributed by atoms with E-state index < -0.39 is 5.69 Å². The molecule has 7 heteroatoms. The Morgan fingerprint density at radius 3 is 2.38 bits per heavy atom. The Bertz CT molecular complexity index is 701. The third-order valence-corrected chi connectivity index (χ3v) is 3.36. The van der Waals surface area contributed by atoms with Gasteiger partial charge in [-0.2, -0.15) is 0 Å². The summed E-state index contributed by atoms with van der Waals surface area (Å²) in [5.41, 5.74) is -0.264. The minimum absolute atomic E-state index is 0.0387. The molecule has 0 aliphatic rings. The lowest BCUT2D eigenvalue weighted by Crippen LogP contribution is -2.40. The van der Waals surface area contributed by atoms with E-state index in [4.69, 9.17) is 10.2 Å². The minimum atomic E-state index is -0.452. The topological polar surface area (TPSA) is 98.6 Å². The molecule has 21 heavy (non-hydrogen) atoms. The van der Waals surface area contributed by atoms with Crippen LogP contribution in [0.1, 0.15) is 0 Å². The zero-order valence-electron chi connectivity index (χ0n) is 11.7. The van der Waals surface area contributed by atoms with Crippen LogP contribution in [-0.4, -0.2) is 57.5 Å². The summed E-state index contributed by atoms with van der Waals surface area (Å²) >= 11 is 0. The van der Waals surface area contributed by atoms with Crippen LogP contribution in [0.5, 0.6) is 0 Å². The van der Waals surface area contributed by atoms with Crippen molar-refractivity contribution in [1.29, 1.82) is 0 Å². The minimum Gasteiger partial charge on any atom is -0.395 e. The van der Waals surface area contributed by atoms with Gasteiger partial charge in [-0.25, -0.2) is 4.79 Å². The van der Waals surface area contributed by atoms with Gasteiger partial charge in [-0.15, -0.1) is 0 Å². The van der Waals surface area contributed by atoms with Gasteiger partial charge in [-0.3, -0.25) is 14.3 Å². The molecule has 0 radical (unpaired) electrons. The number of aromatic amines is 1. The number of nitrogens with one attached hydrogen (secondary N) is 1. The number of aliphatic hydroxyl groups is 2. The van der Waals surface area contributed by atoms with Crippen LogP contribution in [0, 0.1) is 0 Å². The van der Waals surface area contributed by atoms with Crippen LogP contribution in [0.25, 0.3) is 10.9 Å². The molecule has 1 aromatic heterocycles. The lowest BCUT2D eigenvalue weighted by atomic mass is 10.2. The van der Waals surface area contributed by atoms with Crippen LogP contribution in [0.3, 0.4) is 0 Å². The second-order valence-electron chi connectivity index (χ2n) is 4.72. The predicted octanol–water partition coefficient (Wildman–Crippen LogP) is -1.02. The van der Waals surface area contributed by atoms with E-state index in [1.54, 1.807) is 29.2 Å². The van der Waals surface area contributed by atoms with Gasteiger partial charge < -0.3 is 15.2 Å². The average Bonchev–Trinajstić information content (AvgIpc) is 2.47. The largest absolute Gasteiger partial charge is 0.395 e. The first kappa shape index (κ1) is 15.4. The number of nitrogens with zero attached hydrogens (tertiary/aromatic N) is 2. The molecular formula is C14H19N3O4. The third kappa shape index (κ3) is 3.57. The summed E-state index contributed by atoms with van der Waals surface area (Å²) in [4.78, 5) is 28.7. The normalized spacial score (nSPS) is 11.4. The summed E-state index contributed by atoms with van der Waals surface area (Å²) in [5.74, 6) is 0. The summed E-state index contributed by atoms with van der Waals surface area (Å²) in [6.45, 7) is 1.31. The molecular weight excluding hydrogens is 274 g/mol. The van der Waals surface area contributed by atoms with Gasteiger partial charge in [-0.05, 0) is 12.1 Å². The van der Waals surface area contributed by atoms with Crippen LogP contribution >= 0.6 is 0 Å². The molecule has 0 atom stereocenters. The summed E-state index contributed by atoms with van der Waals surface area (Å²) in [5, 5.41) is 18.4. The number of hydrogen-bond donors (Lipinski definition) is 3. The molecule has 0 unspecified atom stereocenters. The average molecular weight is 293 g/mol. The molecule has 0 saturated carbocycles. The fourth-order valence-electron chi connectivity index (χ4n) is 2.26. The first-order valence-electron chi connectivity index (χ1n) is 6.83. The third-order valence-electron chi connectivity index (χ3n) is 3.36. The number of aromatic nitrogens is 2. The zero-order valence-corrected chi connectivity index (χ0v) is 11.7. The second-order valence-corrected chi connectivity index (χ2v) is 4.72. The zero-order chi connectivity index (χ0) is 15.2. The van der Waals surface area contributed by atoms with Gasteiger partial charge in [0.15, 0.2) is 0 Å². The summed E-state index contributed by atoms with van der Waals surface area (Å²) in [7, 11) is 0. The van der Waals surface area contributed by atoms with Gasteiger partial charge in [0.2, 0.25) is 0 Å². The van der Waals surface area contributed by atoms with E-state index in [2.05, 4.69) is 4.98 Å². The summed E-state index contributed by atoms with van der Waals surface area (Å²) in [6, 6.07) is 6.86. The van der Waals surface area contributed by atoms with Gasteiger partial charge >= 0.3 is 5.69 Å². The highest BCUT2D eigenvalue weighted by atomic mass is 16.3. The van der Waals surface area contributed by atoms with E-state index in [0.29, 0.717) is 30.5 Å². The Morgan fingerprint density at radius 1 is 1.05 bits per heavy atom. The van der Waals surface area contributed by atoms with Crippen molar-refractivity contribution in [2.45, 2.75) is 6.54 Å². The lowest BCUT2D eigenvalue weighted by Gasteiger charge is -2.20. The Labute approximate surface area is 121 Å². The van der Waals surface area contributed by atoms with Gasteiger partial charge in [0.05, 0.1) is 24.1 Å². The SMILES string of the molecule is O=c1[nH]c2ccccc2c(=O)n1CCN(CCO)CCO. The Morgan fingerprint density at radius 2 is 1.71 bits per heavy atom. The molecule has 1 heterocycles. The van der Waals surface area contributed by atoms with Gasteiger partial charge in [0.25, 0.3) is 5.56 Å². The van der Waals surface area contributed by atoms with Crippen molar-refractivity contribution in [3.8, 4) is 0 Å². The van der Waals surface area contributed by atoms with Crippen molar-refractivity contribution in [2.24, 2.45) is 0 Å². The number of benzene rings is 1. The molecule has 7 nitrogen and oxygen atoms in total. The molecule has 114 valence electrons. The van der Waals surface area contributed by atoms with Crippen LogP contribution in [0.4, 0.5) is 0 Å². The van der Waals surface area contributed by atoms with Crippen LogP contribution in [0.2, 0.25) is 0 Å². The second kappa shape index (κ2) is 7.16. The van der Waals surface area contributed by atoms with Crippen LogP contribution < -0.4 is 11.2 Å². The summed E-state index contributed by atoms with van der Waals surface area (Å²) < 4.78 is 1.14. The fourth-order valence-corrected chi connectivity index (χ4v) is 2.26. The molecule has 0 fully saturated rings. The molecule has 0 bridgehead atoms. The predicted molar refractivity (Wildman–Crippen MR) is 79.4 cm³/mol. The van der Waals surface area contributed by atoms with Crippen molar-refractivity contribution < 1.29 is 10.2 Å². The maximum absolute atomic E-state index is 12.3. The van der Waals surface area contributed by atoms with Gasteiger partial charge in [-0.1, -0.05) is 12.1 Å². The van der Waals surface area contributed by atoms with E-state index in [9.17, 15) is 9.59 Å². The maximum atomic E-state index is 12.3. The quantitative estimate of drug-likeness (QED) is 0.607. The van der Waals surface area contributed by atoms with Gasteiger partial charge in [0, 0.05) is 26.2 Å². The number of H-pyrrole nitrogens is 1. The van der Waals surface area contributed by atoms with E-state index in [1.165, 1.54) is 0 Å². The number of para-hydroxylation sites is 1. The van der Waals surface area contributed by atoms with Crippen molar-refractivity contribution in [1.82, 2.24) is 14.5 Å². The Hall–Kier alpha value is -1.96. The Kier molecular flexibility index (Phi) is 5.26.